The van der Waals surface area contributed by atoms with E-state index >= 15 is 0 Å². The topological polar surface area (TPSA) is 57.6 Å². The molecule has 5 unspecified atom stereocenters. The second-order valence-corrected chi connectivity index (χ2v) is 9.22. The lowest BCUT2D eigenvalue weighted by atomic mass is 9.88. The summed E-state index contributed by atoms with van der Waals surface area (Å²) in [4.78, 5) is 2.24. The van der Waals surface area contributed by atoms with E-state index in [0.717, 1.165) is 19.4 Å². The van der Waals surface area contributed by atoms with Gasteiger partial charge in [-0.15, -0.1) is 0 Å². The number of hydrogen-bond acceptors (Lipinski definition) is 4. The molecule has 2 bridgehead atoms. The van der Waals surface area contributed by atoms with Gasteiger partial charge in [-0.25, -0.2) is 8.42 Å². The van der Waals surface area contributed by atoms with Crippen LogP contribution in [0.15, 0.2) is 0 Å². The summed E-state index contributed by atoms with van der Waals surface area (Å²) in [6.07, 6.45) is 2.09. The molecule has 0 radical (unpaired) electrons. The highest BCUT2D eigenvalue weighted by Gasteiger charge is 2.58. The predicted octanol–water partition coefficient (Wildman–Crippen LogP) is 0.511. The number of sulfone groups is 1. The first-order valence-electron chi connectivity index (χ1n) is 7.04. The van der Waals surface area contributed by atoms with E-state index < -0.39 is 9.84 Å². The van der Waals surface area contributed by atoms with Crippen LogP contribution in [0.2, 0.25) is 0 Å². The molecule has 0 aromatic heterocycles. The molecule has 3 aliphatic rings. The van der Waals surface area contributed by atoms with Gasteiger partial charge >= 0.3 is 0 Å². The quantitative estimate of drug-likeness (QED) is 0.811. The number of aliphatic hydroxyl groups excluding tert-OH is 1. The highest BCUT2D eigenvalue weighted by atomic mass is 32.2. The zero-order chi connectivity index (χ0) is 13.1. The second kappa shape index (κ2) is 4.18. The number of nitrogens with zero attached hydrogens (tertiary/aromatic N) is 1. The third-order valence-corrected chi connectivity index (χ3v) is 7.52. The average Bonchev–Trinajstić information content (AvgIpc) is 2.86. The molecule has 0 amide bonds. The molecule has 104 valence electrons. The van der Waals surface area contributed by atoms with Crippen molar-refractivity contribution in [2.24, 2.45) is 17.8 Å². The van der Waals surface area contributed by atoms with Crippen molar-refractivity contribution in [3.63, 3.8) is 0 Å². The Labute approximate surface area is 109 Å². The molecule has 18 heavy (non-hydrogen) atoms. The molecule has 0 aromatic carbocycles. The SMILES string of the molecule is CC(C)S(=O)(=O)CCN1CC2CC3CC2C1C3O. The molecule has 1 heterocycles. The lowest BCUT2D eigenvalue weighted by molar-refractivity contribution is 0.0531. The number of fused-ring (bicyclic) bond motifs is 1. The summed E-state index contributed by atoms with van der Waals surface area (Å²) in [6.45, 7) is 5.07. The Bertz CT molecular complexity index is 432. The van der Waals surface area contributed by atoms with Gasteiger partial charge in [-0.1, -0.05) is 0 Å². The number of hydrogen-bond donors (Lipinski definition) is 1. The first kappa shape index (κ1) is 12.9. The Balaban J connectivity index is 1.66. The summed E-state index contributed by atoms with van der Waals surface area (Å²) in [6, 6.07) is 0.246. The van der Waals surface area contributed by atoms with Crippen LogP contribution in [0.1, 0.15) is 26.7 Å². The van der Waals surface area contributed by atoms with Gasteiger partial charge in [0.15, 0.2) is 9.84 Å². The van der Waals surface area contributed by atoms with Gasteiger partial charge in [0.1, 0.15) is 0 Å². The van der Waals surface area contributed by atoms with Crippen molar-refractivity contribution in [3.05, 3.63) is 0 Å². The Hall–Kier alpha value is -0.130. The van der Waals surface area contributed by atoms with Crippen LogP contribution in [-0.2, 0) is 9.84 Å². The zero-order valence-corrected chi connectivity index (χ0v) is 11.9. The average molecular weight is 273 g/mol. The van der Waals surface area contributed by atoms with Crippen LogP contribution < -0.4 is 0 Å². The van der Waals surface area contributed by atoms with Gasteiger partial charge < -0.3 is 5.11 Å². The van der Waals surface area contributed by atoms with Crippen LogP contribution in [-0.4, -0.2) is 54.7 Å². The highest BCUT2D eigenvalue weighted by molar-refractivity contribution is 7.92. The van der Waals surface area contributed by atoms with E-state index in [-0.39, 0.29) is 23.1 Å². The van der Waals surface area contributed by atoms with Crippen LogP contribution in [0.3, 0.4) is 0 Å². The standard InChI is InChI=1S/C13H23NO3S/c1-8(2)18(16,17)4-3-14-7-10-5-9-6-11(10)12(14)13(9)15/h8-13,15H,3-7H2,1-2H3. The molecule has 5 atom stereocenters. The Morgan fingerprint density at radius 2 is 2.00 bits per heavy atom. The van der Waals surface area contributed by atoms with Gasteiger partial charge in [-0.2, -0.15) is 0 Å². The van der Waals surface area contributed by atoms with Gasteiger partial charge in [-0.05, 0) is 44.4 Å². The fraction of sp³-hybridized carbons (Fsp3) is 1.00. The summed E-state index contributed by atoms with van der Waals surface area (Å²) < 4.78 is 23.7. The molecule has 1 saturated heterocycles. The van der Waals surface area contributed by atoms with Crippen LogP contribution in [0, 0.1) is 17.8 Å². The molecule has 1 N–H and O–H groups in total. The molecule has 1 aliphatic heterocycles. The summed E-state index contributed by atoms with van der Waals surface area (Å²) >= 11 is 0. The van der Waals surface area contributed by atoms with E-state index in [1.807, 2.05) is 0 Å². The Kier molecular flexibility index (Phi) is 2.99. The minimum Gasteiger partial charge on any atom is -0.391 e. The van der Waals surface area contributed by atoms with Crippen molar-refractivity contribution in [2.45, 2.75) is 44.1 Å². The van der Waals surface area contributed by atoms with Crippen molar-refractivity contribution in [1.82, 2.24) is 4.90 Å². The van der Waals surface area contributed by atoms with E-state index in [1.165, 1.54) is 0 Å². The third-order valence-electron chi connectivity index (χ3n) is 5.33. The summed E-state index contributed by atoms with van der Waals surface area (Å²) in [5.74, 6) is 2.06. The summed E-state index contributed by atoms with van der Waals surface area (Å²) in [7, 11) is -2.96. The molecule has 0 aromatic rings. The largest absolute Gasteiger partial charge is 0.391 e. The van der Waals surface area contributed by atoms with Gasteiger partial charge in [0.25, 0.3) is 0 Å². The molecule has 2 saturated carbocycles. The molecule has 3 fully saturated rings. The van der Waals surface area contributed by atoms with Crippen molar-refractivity contribution in [2.75, 3.05) is 18.8 Å². The van der Waals surface area contributed by atoms with Crippen LogP contribution in [0.5, 0.6) is 0 Å². The zero-order valence-electron chi connectivity index (χ0n) is 11.1. The fourth-order valence-corrected chi connectivity index (χ4v) is 5.23. The Morgan fingerprint density at radius 1 is 1.28 bits per heavy atom. The molecule has 0 spiro atoms. The monoisotopic (exact) mass is 273 g/mol. The molecule has 4 nitrogen and oxygen atoms in total. The predicted molar refractivity (Wildman–Crippen MR) is 70.0 cm³/mol. The fourth-order valence-electron chi connectivity index (χ4n) is 4.27. The maximum atomic E-state index is 11.9. The molecule has 2 aliphatic carbocycles. The minimum absolute atomic E-state index is 0.212. The number of rotatable bonds is 4. The van der Waals surface area contributed by atoms with Gasteiger partial charge in [-0.3, -0.25) is 4.90 Å². The first-order valence-corrected chi connectivity index (χ1v) is 8.75. The van der Waals surface area contributed by atoms with Gasteiger partial charge in [0, 0.05) is 19.1 Å². The first-order chi connectivity index (χ1) is 8.40. The Morgan fingerprint density at radius 3 is 2.61 bits per heavy atom. The second-order valence-electron chi connectivity index (χ2n) is 6.55. The number of likely N-dealkylation sites (tertiary alicyclic amines) is 1. The molecule has 5 heteroatoms. The lowest BCUT2D eigenvalue weighted by Crippen LogP contribution is -2.42. The van der Waals surface area contributed by atoms with E-state index in [2.05, 4.69) is 4.90 Å². The summed E-state index contributed by atoms with van der Waals surface area (Å²) in [5, 5.41) is 9.93. The third kappa shape index (κ3) is 1.82. The normalized spacial score (nSPS) is 43.2. The van der Waals surface area contributed by atoms with E-state index in [0.29, 0.717) is 24.3 Å². The van der Waals surface area contributed by atoms with Crippen LogP contribution >= 0.6 is 0 Å². The number of aliphatic hydroxyl groups is 1. The van der Waals surface area contributed by atoms with E-state index in [1.54, 1.807) is 13.8 Å². The van der Waals surface area contributed by atoms with Crippen molar-refractivity contribution in [3.8, 4) is 0 Å². The van der Waals surface area contributed by atoms with E-state index in [4.69, 9.17) is 0 Å². The molecular formula is C13H23NO3S. The van der Waals surface area contributed by atoms with Crippen LogP contribution in [0.4, 0.5) is 0 Å². The minimum atomic E-state index is -2.96. The molecular weight excluding hydrogens is 250 g/mol. The van der Waals surface area contributed by atoms with Crippen molar-refractivity contribution >= 4 is 9.84 Å². The van der Waals surface area contributed by atoms with Crippen molar-refractivity contribution < 1.29 is 13.5 Å². The van der Waals surface area contributed by atoms with Crippen molar-refractivity contribution in [1.29, 1.82) is 0 Å². The van der Waals surface area contributed by atoms with E-state index in [9.17, 15) is 13.5 Å². The van der Waals surface area contributed by atoms with Gasteiger partial charge in [0.05, 0.1) is 17.1 Å². The maximum Gasteiger partial charge on any atom is 0.153 e. The highest BCUT2D eigenvalue weighted by Crippen LogP contribution is 2.54. The smallest absolute Gasteiger partial charge is 0.153 e. The molecule has 3 rings (SSSR count). The lowest BCUT2D eigenvalue weighted by Gasteiger charge is -2.28. The maximum absolute atomic E-state index is 11.9. The van der Waals surface area contributed by atoms with Crippen LogP contribution in [0.25, 0.3) is 0 Å². The van der Waals surface area contributed by atoms with Gasteiger partial charge in [0.2, 0.25) is 0 Å². The summed E-state index contributed by atoms with van der Waals surface area (Å²) in [5.41, 5.74) is 0.